The third-order valence-electron chi connectivity index (χ3n) is 4.90. The van der Waals surface area contributed by atoms with Crippen LogP contribution in [0.1, 0.15) is 12.8 Å². The molecule has 1 aliphatic rings. The molecule has 1 saturated heterocycles. The standard InChI is InChI=1S/C21H25N3O3/c1-27-17-6-4-5-16(13-17)18-7-2-3-8-19(18)23-21(26)15-9-11-24(12-10-15)14-20(22)25/h2-8,13,15H,9-12,14H2,1H3,(H2,22,25)(H,23,26). The molecule has 6 heteroatoms. The molecule has 0 saturated carbocycles. The van der Waals surface area contributed by atoms with Crippen LogP contribution < -0.4 is 15.8 Å². The van der Waals surface area contributed by atoms with E-state index in [1.807, 2.05) is 53.4 Å². The van der Waals surface area contributed by atoms with Crippen LogP contribution in [0.5, 0.6) is 5.75 Å². The summed E-state index contributed by atoms with van der Waals surface area (Å²) in [6, 6.07) is 15.5. The molecule has 6 nitrogen and oxygen atoms in total. The molecule has 2 amide bonds. The molecule has 2 aromatic rings. The minimum Gasteiger partial charge on any atom is -0.497 e. The second-order valence-corrected chi connectivity index (χ2v) is 6.78. The molecule has 142 valence electrons. The van der Waals surface area contributed by atoms with Crippen molar-refractivity contribution in [2.24, 2.45) is 11.7 Å². The van der Waals surface area contributed by atoms with Crippen molar-refractivity contribution in [2.45, 2.75) is 12.8 Å². The van der Waals surface area contributed by atoms with E-state index in [-0.39, 0.29) is 24.3 Å². The summed E-state index contributed by atoms with van der Waals surface area (Å²) in [4.78, 5) is 25.8. The molecule has 0 spiro atoms. The van der Waals surface area contributed by atoms with Gasteiger partial charge >= 0.3 is 0 Å². The van der Waals surface area contributed by atoms with Gasteiger partial charge in [-0.15, -0.1) is 0 Å². The summed E-state index contributed by atoms with van der Waals surface area (Å²) in [5.41, 5.74) is 7.97. The zero-order valence-electron chi connectivity index (χ0n) is 15.5. The Kier molecular flexibility index (Phi) is 6.08. The number of benzene rings is 2. The van der Waals surface area contributed by atoms with E-state index >= 15 is 0 Å². The van der Waals surface area contributed by atoms with Gasteiger partial charge in [0.05, 0.1) is 13.7 Å². The van der Waals surface area contributed by atoms with E-state index in [2.05, 4.69) is 5.32 Å². The van der Waals surface area contributed by atoms with Crippen molar-refractivity contribution in [1.82, 2.24) is 4.90 Å². The van der Waals surface area contributed by atoms with Crippen LogP contribution >= 0.6 is 0 Å². The van der Waals surface area contributed by atoms with E-state index in [0.29, 0.717) is 13.1 Å². The minimum atomic E-state index is -0.329. The van der Waals surface area contributed by atoms with Crippen LogP contribution in [0, 0.1) is 5.92 Å². The summed E-state index contributed by atoms with van der Waals surface area (Å²) in [6.07, 6.45) is 1.45. The lowest BCUT2D eigenvalue weighted by Gasteiger charge is -2.30. The third-order valence-corrected chi connectivity index (χ3v) is 4.90. The average Bonchev–Trinajstić information content (AvgIpc) is 2.68. The Labute approximate surface area is 159 Å². The van der Waals surface area contributed by atoms with Gasteiger partial charge in [-0.25, -0.2) is 0 Å². The fourth-order valence-electron chi connectivity index (χ4n) is 3.44. The number of carbonyl (C=O) groups excluding carboxylic acids is 2. The molecule has 1 fully saturated rings. The molecule has 3 N–H and O–H groups in total. The number of para-hydroxylation sites is 1. The number of carbonyl (C=O) groups is 2. The number of anilines is 1. The van der Waals surface area contributed by atoms with Crippen LogP contribution in [0.4, 0.5) is 5.69 Å². The predicted molar refractivity (Wildman–Crippen MR) is 105 cm³/mol. The highest BCUT2D eigenvalue weighted by molar-refractivity contribution is 5.97. The number of primary amides is 1. The molecule has 1 aliphatic heterocycles. The molecule has 3 rings (SSSR count). The number of rotatable bonds is 6. The summed E-state index contributed by atoms with van der Waals surface area (Å²) in [5, 5.41) is 3.08. The first-order valence-electron chi connectivity index (χ1n) is 9.12. The van der Waals surface area contributed by atoms with E-state index < -0.39 is 0 Å². The maximum absolute atomic E-state index is 12.8. The van der Waals surface area contributed by atoms with Gasteiger partial charge in [0.15, 0.2) is 0 Å². The highest BCUT2D eigenvalue weighted by Crippen LogP contribution is 2.31. The largest absolute Gasteiger partial charge is 0.497 e. The molecule has 0 aromatic heterocycles. The molecule has 0 unspecified atom stereocenters. The number of piperidine rings is 1. The van der Waals surface area contributed by atoms with Crippen molar-refractivity contribution in [3.63, 3.8) is 0 Å². The van der Waals surface area contributed by atoms with Gasteiger partial charge < -0.3 is 15.8 Å². The SMILES string of the molecule is COc1cccc(-c2ccccc2NC(=O)C2CCN(CC(N)=O)CC2)c1. The Morgan fingerprint density at radius 3 is 2.59 bits per heavy atom. The highest BCUT2D eigenvalue weighted by Gasteiger charge is 2.26. The Morgan fingerprint density at radius 2 is 1.89 bits per heavy atom. The molecule has 1 heterocycles. The first kappa shape index (κ1) is 18.9. The van der Waals surface area contributed by atoms with Crippen molar-refractivity contribution in [1.29, 1.82) is 0 Å². The molecular formula is C21H25N3O3. The average molecular weight is 367 g/mol. The minimum absolute atomic E-state index is 0.0177. The summed E-state index contributed by atoms with van der Waals surface area (Å²) in [5.74, 6) is 0.400. The zero-order chi connectivity index (χ0) is 19.2. The van der Waals surface area contributed by atoms with Gasteiger partial charge in [0.25, 0.3) is 0 Å². The Hall–Kier alpha value is -2.86. The van der Waals surface area contributed by atoms with Crippen molar-refractivity contribution in [2.75, 3.05) is 32.1 Å². The Bertz CT molecular complexity index is 814. The van der Waals surface area contributed by atoms with Crippen molar-refractivity contribution in [3.05, 3.63) is 48.5 Å². The molecule has 0 aliphatic carbocycles. The van der Waals surface area contributed by atoms with Crippen molar-refractivity contribution in [3.8, 4) is 16.9 Å². The molecule has 0 bridgehead atoms. The number of ether oxygens (including phenoxy) is 1. The summed E-state index contributed by atoms with van der Waals surface area (Å²) < 4.78 is 5.31. The Balaban J connectivity index is 1.69. The van der Waals surface area contributed by atoms with Gasteiger partial charge in [-0.05, 0) is 49.7 Å². The second kappa shape index (κ2) is 8.68. The fraction of sp³-hybridized carbons (Fsp3) is 0.333. The van der Waals surface area contributed by atoms with Gasteiger partial charge in [0.2, 0.25) is 11.8 Å². The number of hydrogen-bond acceptors (Lipinski definition) is 4. The quantitative estimate of drug-likeness (QED) is 0.822. The number of hydrogen-bond donors (Lipinski definition) is 2. The number of amides is 2. The predicted octanol–water partition coefficient (Wildman–Crippen LogP) is 2.50. The number of nitrogens with one attached hydrogen (secondary N) is 1. The molecule has 2 aromatic carbocycles. The first-order valence-corrected chi connectivity index (χ1v) is 9.12. The van der Waals surface area contributed by atoms with E-state index in [4.69, 9.17) is 10.5 Å². The van der Waals surface area contributed by atoms with Crippen LogP contribution in [0.3, 0.4) is 0 Å². The molecule has 0 atom stereocenters. The summed E-state index contributed by atoms with van der Waals surface area (Å²) in [6.45, 7) is 1.67. The van der Waals surface area contributed by atoms with Gasteiger partial charge in [0, 0.05) is 17.2 Å². The van der Waals surface area contributed by atoms with Crippen LogP contribution in [0.15, 0.2) is 48.5 Å². The number of methoxy groups -OCH3 is 1. The van der Waals surface area contributed by atoms with Crippen LogP contribution in [-0.4, -0.2) is 43.5 Å². The van der Waals surface area contributed by atoms with Gasteiger partial charge in [-0.3, -0.25) is 14.5 Å². The lowest BCUT2D eigenvalue weighted by Crippen LogP contribution is -2.42. The topological polar surface area (TPSA) is 84.7 Å². The summed E-state index contributed by atoms with van der Waals surface area (Å²) >= 11 is 0. The zero-order valence-corrected chi connectivity index (χ0v) is 15.5. The Morgan fingerprint density at radius 1 is 1.15 bits per heavy atom. The fourth-order valence-corrected chi connectivity index (χ4v) is 3.44. The third kappa shape index (κ3) is 4.86. The maximum atomic E-state index is 12.8. The van der Waals surface area contributed by atoms with Gasteiger partial charge in [-0.1, -0.05) is 30.3 Å². The monoisotopic (exact) mass is 367 g/mol. The van der Waals surface area contributed by atoms with Crippen molar-refractivity contribution >= 4 is 17.5 Å². The number of nitrogens with zero attached hydrogens (tertiary/aromatic N) is 1. The normalized spacial score (nSPS) is 15.3. The van der Waals surface area contributed by atoms with Crippen LogP contribution in [-0.2, 0) is 9.59 Å². The second-order valence-electron chi connectivity index (χ2n) is 6.78. The van der Waals surface area contributed by atoms with Crippen molar-refractivity contribution < 1.29 is 14.3 Å². The molecule has 0 radical (unpaired) electrons. The summed E-state index contributed by atoms with van der Waals surface area (Å²) in [7, 11) is 1.64. The highest BCUT2D eigenvalue weighted by atomic mass is 16.5. The smallest absolute Gasteiger partial charge is 0.231 e. The van der Waals surface area contributed by atoms with Crippen LogP contribution in [0.25, 0.3) is 11.1 Å². The van der Waals surface area contributed by atoms with Crippen LogP contribution in [0.2, 0.25) is 0 Å². The lowest BCUT2D eigenvalue weighted by atomic mass is 9.95. The molecular weight excluding hydrogens is 342 g/mol. The number of nitrogens with two attached hydrogens (primary N) is 1. The first-order chi connectivity index (χ1) is 13.1. The van der Waals surface area contributed by atoms with Gasteiger partial charge in [0.1, 0.15) is 5.75 Å². The van der Waals surface area contributed by atoms with E-state index in [0.717, 1.165) is 35.4 Å². The van der Waals surface area contributed by atoms with E-state index in [9.17, 15) is 9.59 Å². The van der Waals surface area contributed by atoms with E-state index in [1.54, 1.807) is 7.11 Å². The van der Waals surface area contributed by atoms with Gasteiger partial charge in [-0.2, -0.15) is 0 Å². The lowest BCUT2D eigenvalue weighted by molar-refractivity contribution is -0.122. The van der Waals surface area contributed by atoms with E-state index in [1.165, 1.54) is 0 Å². The molecule has 27 heavy (non-hydrogen) atoms. The number of likely N-dealkylation sites (tertiary alicyclic amines) is 1. The maximum Gasteiger partial charge on any atom is 0.231 e.